The third-order valence-corrected chi connectivity index (χ3v) is 2.79. The van der Waals surface area contributed by atoms with E-state index in [1.165, 1.54) is 0 Å². The minimum Gasteiger partial charge on any atom is -0.350 e. The van der Waals surface area contributed by atoms with Crippen molar-refractivity contribution < 1.29 is 22.7 Å². The van der Waals surface area contributed by atoms with Crippen LogP contribution in [-0.4, -0.2) is 35.6 Å². The molecule has 0 atom stereocenters. The molecule has 5 nitrogen and oxygen atoms in total. The van der Waals surface area contributed by atoms with Crippen molar-refractivity contribution in [2.75, 3.05) is 13.2 Å². The van der Waals surface area contributed by atoms with Gasteiger partial charge in [-0.2, -0.15) is 5.10 Å². The van der Waals surface area contributed by atoms with Crippen molar-refractivity contribution >= 4 is 16.8 Å². The molecule has 2 N–H and O–H groups in total. The second kappa shape index (κ2) is 5.49. The largest absolute Gasteiger partial charge is 0.522 e. The van der Waals surface area contributed by atoms with Gasteiger partial charge in [-0.15, -0.1) is 13.2 Å². The molecular weight excluding hydrogens is 275 g/mol. The molecule has 0 saturated heterocycles. The topological polar surface area (TPSA) is 67.0 Å². The van der Waals surface area contributed by atoms with Gasteiger partial charge in [0.05, 0.1) is 18.3 Å². The summed E-state index contributed by atoms with van der Waals surface area (Å²) in [6.07, 6.45) is -3.09. The number of carbonyl (C=O) groups excluding carboxylic acids is 1. The Morgan fingerprint density at radius 2 is 2.20 bits per heavy atom. The van der Waals surface area contributed by atoms with E-state index in [1.807, 2.05) is 0 Å². The minimum atomic E-state index is -4.68. The van der Waals surface area contributed by atoms with Crippen molar-refractivity contribution in [2.24, 2.45) is 0 Å². The van der Waals surface area contributed by atoms with Crippen LogP contribution in [0.25, 0.3) is 10.9 Å². The summed E-state index contributed by atoms with van der Waals surface area (Å²) in [5.41, 5.74) is 1.90. The summed E-state index contributed by atoms with van der Waals surface area (Å²) in [5, 5.41) is 9.80. The maximum absolute atomic E-state index is 11.9. The third-order valence-electron chi connectivity index (χ3n) is 2.79. The predicted octanol–water partition coefficient (Wildman–Crippen LogP) is 2.14. The molecule has 1 aromatic carbocycles. The molecule has 8 heteroatoms. The van der Waals surface area contributed by atoms with Crippen LogP contribution < -0.4 is 5.32 Å². The number of alkyl halides is 3. The van der Waals surface area contributed by atoms with Crippen LogP contribution in [0.4, 0.5) is 13.2 Å². The number of hydrogen-bond acceptors (Lipinski definition) is 3. The average Bonchev–Trinajstić information content (AvgIpc) is 2.83. The zero-order chi connectivity index (χ0) is 14.8. The van der Waals surface area contributed by atoms with Gasteiger partial charge in [0.15, 0.2) is 0 Å². The highest BCUT2D eigenvalue weighted by molar-refractivity contribution is 6.00. The number of fused-ring (bicyclic) bond motifs is 1. The summed E-state index contributed by atoms with van der Waals surface area (Å²) in [7, 11) is 0. The number of carbonyl (C=O) groups is 1. The van der Waals surface area contributed by atoms with Crippen LogP contribution in [0.2, 0.25) is 0 Å². The monoisotopic (exact) mass is 287 g/mol. The number of nitrogens with zero attached hydrogens (tertiary/aromatic N) is 1. The van der Waals surface area contributed by atoms with Gasteiger partial charge in [-0.05, 0) is 24.6 Å². The molecule has 0 radical (unpaired) electrons. The van der Waals surface area contributed by atoms with E-state index in [0.717, 1.165) is 10.9 Å². The van der Waals surface area contributed by atoms with Crippen LogP contribution in [0, 0.1) is 6.92 Å². The van der Waals surface area contributed by atoms with Gasteiger partial charge in [-0.1, -0.05) is 0 Å². The van der Waals surface area contributed by atoms with Gasteiger partial charge in [0.1, 0.15) is 0 Å². The Hall–Kier alpha value is -2.09. The second-order valence-electron chi connectivity index (χ2n) is 4.12. The zero-order valence-corrected chi connectivity index (χ0v) is 10.5. The van der Waals surface area contributed by atoms with Gasteiger partial charge in [-0.3, -0.25) is 14.6 Å². The van der Waals surface area contributed by atoms with E-state index in [4.69, 9.17) is 0 Å². The number of aryl methyl sites for hydroxylation is 1. The highest BCUT2D eigenvalue weighted by Crippen LogP contribution is 2.19. The maximum Gasteiger partial charge on any atom is 0.522 e. The lowest BCUT2D eigenvalue weighted by atomic mass is 10.0. The number of amides is 1. The van der Waals surface area contributed by atoms with Gasteiger partial charge < -0.3 is 5.32 Å². The Labute approximate surface area is 112 Å². The summed E-state index contributed by atoms with van der Waals surface area (Å²) in [6, 6.07) is 3.28. The quantitative estimate of drug-likeness (QED) is 0.847. The highest BCUT2D eigenvalue weighted by atomic mass is 19.4. The van der Waals surface area contributed by atoms with E-state index >= 15 is 0 Å². The fourth-order valence-electron chi connectivity index (χ4n) is 1.83. The number of aromatic nitrogens is 2. The van der Waals surface area contributed by atoms with Crippen LogP contribution in [0.15, 0.2) is 18.3 Å². The molecule has 2 rings (SSSR count). The number of rotatable bonds is 4. The van der Waals surface area contributed by atoms with Crippen LogP contribution in [0.3, 0.4) is 0 Å². The molecule has 0 aliphatic rings. The molecule has 0 bridgehead atoms. The molecule has 0 spiro atoms. The Balaban J connectivity index is 1.99. The van der Waals surface area contributed by atoms with E-state index in [-0.39, 0.29) is 6.54 Å². The Bertz CT molecular complexity index is 622. The molecular formula is C12H12F3N3O2. The van der Waals surface area contributed by atoms with E-state index < -0.39 is 18.9 Å². The van der Waals surface area contributed by atoms with Crippen molar-refractivity contribution in [1.29, 1.82) is 0 Å². The maximum atomic E-state index is 11.9. The summed E-state index contributed by atoms with van der Waals surface area (Å²) in [6.45, 7) is 0.905. The van der Waals surface area contributed by atoms with Crippen molar-refractivity contribution in [3.63, 3.8) is 0 Å². The third kappa shape index (κ3) is 3.27. The van der Waals surface area contributed by atoms with Gasteiger partial charge in [0.2, 0.25) is 0 Å². The van der Waals surface area contributed by atoms with Crippen molar-refractivity contribution in [1.82, 2.24) is 15.5 Å². The molecule has 1 aromatic heterocycles. The fraction of sp³-hybridized carbons (Fsp3) is 0.333. The molecule has 0 aliphatic heterocycles. The summed E-state index contributed by atoms with van der Waals surface area (Å²) >= 11 is 0. The first kappa shape index (κ1) is 14.3. The Kier molecular flexibility index (Phi) is 3.93. The number of H-pyrrole nitrogens is 1. The van der Waals surface area contributed by atoms with E-state index in [9.17, 15) is 18.0 Å². The standard InChI is InChI=1S/C12H12F3N3O2/c1-7-8(2-3-10-9(7)6-17-18-10)11(19)16-4-5-20-12(13,14)15/h2-3,6H,4-5H2,1H3,(H,16,19)(H,17,18). The first-order valence-corrected chi connectivity index (χ1v) is 5.80. The lowest BCUT2D eigenvalue weighted by Gasteiger charge is -2.10. The van der Waals surface area contributed by atoms with Gasteiger partial charge in [-0.25, -0.2) is 0 Å². The minimum absolute atomic E-state index is 0.221. The molecule has 0 saturated carbocycles. The van der Waals surface area contributed by atoms with Crippen LogP contribution in [0.5, 0.6) is 0 Å². The number of halogens is 3. The van der Waals surface area contributed by atoms with Gasteiger partial charge >= 0.3 is 6.36 Å². The summed E-state index contributed by atoms with van der Waals surface area (Å²) < 4.78 is 38.9. The average molecular weight is 287 g/mol. The zero-order valence-electron chi connectivity index (χ0n) is 10.5. The number of aromatic amines is 1. The molecule has 0 unspecified atom stereocenters. The lowest BCUT2D eigenvalue weighted by molar-refractivity contribution is -0.323. The summed E-state index contributed by atoms with van der Waals surface area (Å²) in [5.74, 6) is -0.448. The molecule has 0 aliphatic carbocycles. The van der Waals surface area contributed by atoms with E-state index in [0.29, 0.717) is 11.1 Å². The number of nitrogens with one attached hydrogen (secondary N) is 2. The molecule has 1 amide bonds. The predicted molar refractivity (Wildman–Crippen MR) is 65.2 cm³/mol. The van der Waals surface area contributed by atoms with Crippen molar-refractivity contribution in [3.8, 4) is 0 Å². The SMILES string of the molecule is Cc1c(C(=O)NCCOC(F)(F)F)ccc2[nH]ncc12. The van der Waals surface area contributed by atoms with Crippen molar-refractivity contribution in [2.45, 2.75) is 13.3 Å². The van der Waals surface area contributed by atoms with Crippen LogP contribution in [0.1, 0.15) is 15.9 Å². The van der Waals surface area contributed by atoms with Crippen molar-refractivity contribution in [3.05, 3.63) is 29.5 Å². The van der Waals surface area contributed by atoms with Gasteiger partial charge in [0, 0.05) is 17.5 Å². The first-order valence-electron chi connectivity index (χ1n) is 5.80. The fourth-order valence-corrected chi connectivity index (χ4v) is 1.83. The molecule has 2 aromatic rings. The lowest BCUT2D eigenvalue weighted by Crippen LogP contribution is -2.29. The Morgan fingerprint density at radius 3 is 2.90 bits per heavy atom. The van der Waals surface area contributed by atoms with Gasteiger partial charge in [0.25, 0.3) is 5.91 Å². The second-order valence-corrected chi connectivity index (χ2v) is 4.12. The smallest absolute Gasteiger partial charge is 0.350 e. The van der Waals surface area contributed by atoms with Crippen LogP contribution in [-0.2, 0) is 4.74 Å². The Morgan fingerprint density at radius 1 is 1.45 bits per heavy atom. The molecule has 0 fully saturated rings. The number of hydrogen-bond donors (Lipinski definition) is 2. The van der Waals surface area contributed by atoms with E-state index in [1.54, 1.807) is 25.3 Å². The molecule has 20 heavy (non-hydrogen) atoms. The van der Waals surface area contributed by atoms with E-state index in [2.05, 4.69) is 20.3 Å². The van der Waals surface area contributed by atoms with Crippen LogP contribution >= 0.6 is 0 Å². The highest BCUT2D eigenvalue weighted by Gasteiger charge is 2.28. The molecule has 1 heterocycles. The number of ether oxygens (including phenoxy) is 1. The summed E-state index contributed by atoms with van der Waals surface area (Å²) in [4.78, 5) is 11.9. The molecule has 108 valence electrons. The first-order chi connectivity index (χ1) is 9.38. The number of benzene rings is 1. The normalized spacial score (nSPS) is 11.8.